The second-order valence-corrected chi connectivity index (χ2v) is 3.67. The fourth-order valence-electron chi connectivity index (χ4n) is 1.36. The number of aromatic amines is 1. The third kappa shape index (κ3) is 2.37. The van der Waals surface area contributed by atoms with E-state index in [0.29, 0.717) is 11.4 Å². The normalized spacial score (nSPS) is 10.5. The summed E-state index contributed by atoms with van der Waals surface area (Å²) in [5, 5.41) is 9.48. The third-order valence-corrected chi connectivity index (χ3v) is 2.38. The van der Waals surface area contributed by atoms with E-state index < -0.39 is 0 Å². The molecule has 0 spiro atoms. The van der Waals surface area contributed by atoms with Gasteiger partial charge in [-0.1, -0.05) is 11.6 Å². The van der Waals surface area contributed by atoms with Gasteiger partial charge in [0.05, 0.1) is 0 Å². The monoisotopic (exact) mass is 222 g/mol. The highest BCUT2D eigenvalue weighted by Gasteiger charge is 2.02. The van der Waals surface area contributed by atoms with Crippen molar-refractivity contribution in [2.24, 2.45) is 0 Å². The topological polar surface area (TPSA) is 48.9 Å². The lowest BCUT2D eigenvalue weighted by Crippen LogP contribution is -1.90. The van der Waals surface area contributed by atoms with E-state index in [9.17, 15) is 0 Å². The Morgan fingerprint density at radius 3 is 2.67 bits per heavy atom. The average molecular weight is 223 g/mol. The number of rotatable bonds is 3. The molecule has 3 nitrogen and oxygen atoms in total. The Morgan fingerprint density at radius 2 is 2.00 bits per heavy atom. The molecule has 0 unspecified atom stereocenters. The van der Waals surface area contributed by atoms with E-state index in [0.717, 1.165) is 17.1 Å². The molecular weight excluding hydrogens is 212 g/mol. The minimum absolute atomic E-state index is 0.127. The molecule has 2 aromatic rings. The van der Waals surface area contributed by atoms with Crippen molar-refractivity contribution in [2.75, 3.05) is 6.61 Å². The van der Waals surface area contributed by atoms with Crippen molar-refractivity contribution in [3.8, 4) is 11.4 Å². The minimum Gasteiger partial charge on any atom is -0.396 e. The molecule has 1 aromatic carbocycles. The first-order valence-corrected chi connectivity index (χ1v) is 5.08. The fraction of sp³-hybridized carbons (Fsp3) is 0.182. The van der Waals surface area contributed by atoms with E-state index >= 15 is 0 Å². The van der Waals surface area contributed by atoms with Crippen molar-refractivity contribution in [2.45, 2.75) is 6.42 Å². The summed E-state index contributed by atoms with van der Waals surface area (Å²) in [7, 11) is 0. The number of aliphatic hydroxyl groups is 1. The molecule has 0 atom stereocenters. The predicted octanol–water partition coefficient (Wildman–Crippen LogP) is 2.26. The van der Waals surface area contributed by atoms with Crippen LogP contribution in [0.3, 0.4) is 0 Å². The molecule has 0 aliphatic carbocycles. The van der Waals surface area contributed by atoms with Gasteiger partial charge in [-0.3, -0.25) is 0 Å². The van der Waals surface area contributed by atoms with Crippen LogP contribution in [0.1, 0.15) is 5.69 Å². The Balaban J connectivity index is 2.25. The van der Waals surface area contributed by atoms with Crippen LogP contribution in [0.2, 0.25) is 5.02 Å². The van der Waals surface area contributed by atoms with E-state index in [4.69, 9.17) is 16.7 Å². The van der Waals surface area contributed by atoms with Gasteiger partial charge in [0.1, 0.15) is 5.82 Å². The van der Waals surface area contributed by atoms with Crippen LogP contribution in [0.15, 0.2) is 30.5 Å². The molecule has 4 heteroatoms. The summed E-state index contributed by atoms with van der Waals surface area (Å²) in [6.07, 6.45) is 2.33. The van der Waals surface area contributed by atoms with Crippen molar-refractivity contribution in [1.29, 1.82) is 0 Å². The van der Waals surface area contributed by atoms with Crippen LogP contribution < -0.4 is 0 Å². The number of nitrogens with zero attached hydrogens (tertiary/aromatic N) is 1. The lowest BCUT2D eigenvalue weighted by molar-refractivity contribution is 0.298. The van der Waals surface area contributed by atoms with Crippen LogP contribution in [0.4, 0.5) is 0 Å². The number of aliphatic hydroxyl groups excluding tert-OH is 1. The Kier molecular flexibility index (Phi) is 3.04. The number of aromatic nitrogens is 2. The van der Waals surface area contributed by atoms with Gasteiger partial charge in [0.15, 0.2) is 0 Å². The molecule has 1 aromatic heterocycles. The van der Waals surface area contributed by atoms with Gasteiger partial charge in [-0.15, -0.1) is 0 Å². The van der Waals surface area contributed by atoms with Gasteiger partial charge >= 0.3 is 0 Å². The van der Waals surface area contributed by atoms with Gasteiger partial charge in [-0.05, 0) is 24.3 Å². The van der Waals surface area contributed by atoms with Gasteiger partial charge in [0.25, 0.3) is 0 Å². The maximum atomic E-state index is 8.77. The van der Waals surface area contributed by atoms with Gasteiger partial charge < -0.3 is 10.1 Å². The molecule has 2 rings (SSSR count). The van der Waals surface area contributed by atoms with Crippen molar-refractivity contribution in [3.05, 3.63) is 41.2 Å². The number of imidazole rings is 1. The predicted molar refractivity (Wildman–Crippen MR) is 59.8 cm³/mol. The van der Waals surface area contributed by atoms with Crippen LogP contribution in [-0.2, 0) is 6.42 Å². The maximum absolute atomic E-state index is 8.77. The zero-order valence-electron chi connectivity index (χ0n) is 8.07. The SMILES string of the molecule is OCCc1cnc(-c2ccc(Cl)cc2)[nH]1. The lowest BCUT2D eigenvalue weighted by Gasteiger charge is -1.96. The minimum atomic E-state index is 0.127. The van der Waals surface area contributed by atoms with Crippen LogP contribution in [0.25, 0.3) is 11.4 Å². The Bertz CT molecular complexity index is 436. The quantitative estimate of drug-likeness (QED) is 0.837. The second-order valence-electron chi connectivity index (χ2n) is 3.24. The summed E-state index contributed by atoms with van der Waals surface area (Å²) in [6.45, 7) is 0.127. The van der Waals surface area contributed by atoms with Crippen LogP contribution in [-0.4, -0.2) is 21.7 Å². The summed E-state index contributed by atoms with van der Waals surface area (Å²) in [4.78, 5) is 7.36. The first-order valence-electron chi connectivity index (χ1n) is 4.70. The Labute approximate surface area is 92.7 Å². The molecule has 0 aliphatic rings. The molecule has 0 aliphatic heterocycles. The smallest absolute Gasteiger partial charge is 0.137 e. The van der Waals surface area contributed by atoms with Crippen molar-refractivity contribution >= 4 is 11.6 Å². The van der Waals surface area contributed by atoms with E-state index in [1.54, 1.807) is 6.20 Å². The number of nitrogens with one attached hydrogen (secondary N) is 1. The highest BCUT2D eigenvalue weighted by molar-refractivity contribution is 6.30. The molecular formula is C11H11ClN2O. The summed E-state index contributed by atoms with van der Waals surface area (Å²) < 4.78 is 0. The van der Waals surface area contributed by atoms with E-state index in [1.807, 2.05) is 24.3 Å². The van der Waals surface area contributed by atoms with Crippen LogP contribution in [0, 0.1) is 0 Å². The average Bonchev–Trinajstić information content (AvgIpc) is 2.68. The standard InChI is InChI=1S/C11H11ClN2O/c12-9-3-1-8(2-4-9)11-13-7-10(14-11)5-6-15/h1-4,7,15H,5-6H2,(H,13,14). The van der Waals surface area contributed by atoms with E-state index in [2.05, 4.69) is 9.97 Å². The van der Waals surface area contributed by atoms with Crippen LogP contribution in [0.5, 0.6) is 0 Å². The largest absolute Gasteiger partial charge is 0.396 e. The Hall–Kier alpha value is -1.32. The molecule has 0 bridgehead atoms. The second kappa shape index (κ2) is 4.47. The molecule has 2 N–H and O–H groups in total. The van der Waals surface area contributed by atoms with Gasteiger partial charge in [0, 0.05) is 35.5 Å². The number of hydrogen-bond acceptors (Lipinski definition) is 2. The number of halogens is 1. The molecule has 0 saturated carbocycles. The van der Waals surface area contributed by atoms with Crippen molar-refractivity contribution in [1.82, 2.24) is 9.97 Å². The number of H-pyrrole nitrogens is 1. The maximum Gasteiger partial charge on any atom is 0.137 e. The third-order valence-electron chi connectivity index (χ3n) is 2.13. The molecule has 15 heavy (non-hydrogen) atoms. The first kappa shape index (κ1) is 10.2. The molecule has 1 heterocycles. The molecule has 0 amide bonds. The lowest BCUT2D eigenvalue weighted by atomic mass is 10.2. The van der Waals surface area contributed by atoms with E-state index in [-0.39, 0.29) is 6.61 Å². The zero-order chi connectivity index (χ0) is 10.7. The summed E-state index contributed by atoms with van der Waals surface area (Å²) in [5.41, 5.74) is 1.92. The van der Waals surface area contributed by atoms with Crippen molar-refractivity contribution in [3.63, 3.8) is 0 Å². The Morgan fingerprint density at radius 1 is 1.27 bits per heavy atom. The first-order chi connectivity index (χ1) is 7.29. The molecule has 0 saturated heterocycles. The number of hydrogen-bond donors (Lipinski definition) is 2. The summed E-state index contributed by atoms with van der Waals surface area (Å²) in [5.74, 6) is 0.801. The van der Waals surface area contributed by atoms with Gasteiger partial charge in [-0.25, -0.2) is 4.98 Å². The van der Waals surface area contributed by atoms with E-state index in [1.165, 1.54) is 0 Å². The van der Waals surface area contributed by atoms with Gasteiger partial charge in [-0.2, -0.15) is 0 Å². The highest BCUT2D eigenvalue weighted by Crippen LogP contribution is 2.18. The molecule has 78 valence electrons. The molecule has 0 fully saturated rings. The molecule has 0 radical (unpaired) electrons. The highest BCUT2D eigenvalue weighted by atomic mass is 35.5. The number of benzene rings is 1. The van der Waals surface area contributed by atoms with Gasteiger partial charge in [0.2, 0.25) is 0 Å². The van der Waals surface area contributed by atoms with Crippen LogP contribution >= 0.6 is 11.6 Å². The summed E-state index contributed by atoms with van der Waals surface area (Å²) >= 11 is 5.79. The van der Waals surface area contributed by atoms with Crippen molar-refractivity contribution < 1.29 is 5.11 Å². The fourth-order valence-corrected chi connectivity index (χ4v) is 1.49. The summed E-state index contributed by atoms with van der Waals surface area (Å²) in [6, 6.07) is 7.46. The zero-order valence-corrected chi connectivity index (χ0v) is 8.83.